The first-order valence-corrected chi connectivity index (χ1v) is 9.30. The van der Waals surface area contributed by atoms with Crippen LogP contribution in [0, 0.1) is 0 Å². The van der Waals surface area contributed by atoms with Gasteiger partial charge in [0, 0.05) is 57.9 Å². The summed E-state index contributed by atoms with van der Waals surface area (Å²) in [6.07, 6.45) is 7.39. The van der Waals surface area contributed by atoms with E-state index in [9.17, 15) is 4.79 Å². The van der Waals surface area contributed by atoms with Gasteiger partial charge in [0.25, 0.3) is 5.91 Å². The van der Waals surface area contributed by atoms with Gasteiger partial charge in [0.15, 0.2) is 6.61 Å². The second kappa shape index (κ2) is 8.15. The molecule has 0 N–H and O–H groups in total. The van der Waals surface area contributed by atoms with Crippen LogP contribution in [0.1, 0.15) is 12.8 Å². The zero-order valence-corrected chi connectivity index (χ0v) is 15.2. The lowest BCUT2D eigenvalue weighted by atomic mass is 10.3. The molecule has 4 heterocycles. The van der Waals surface area contributed by atoms with Crippen molar-refractivity contribution in [3.8, 4) is 6.01 Å². The van der Waals surface area contributed by atoms with Crippen LogP contribution in [0.2, 0.25) is 0 Å². The van der Waals surface area contributed by atoms with Crippen LogP contribution in [0.5, 0.6) is 6.01 Å². The molecule has 27 heavy (non-hydrogen) atoms. The van der Waals surface area contributed by atoms with Crippen molar-refractivity contribution in [3.63, 3.8) is 0 Å². The quantitative estimate of drug-likeness (QED) is 0.757. The van der Waals surface area contributed by atoms with Gasteiger partial charge in [0.05, 0.1) is 0 Å². The van der Waals surface area contributed by atoms with E-state index < -0.39 is 0 Å². The van der Waals surface area contributed by atoms with Crippen LogP contribution >= 0.6 is 0 Å². The number of piperazine rings is 1. The average Bonchev–Trinajstić information content (AvgIpc) is 3.28. The largest absolute Gasteiger partial charge is 0.453 e. The van der Waals surface area contributed by atoms with Crippen molar-refractivity contribution in [3.05, 3.63) is 30.7 Å². The Bertz CT molecular complexity index is 759. The van der Waals surface area contributed by atoms with Gasteiger partial charge in [0.1, 0.15) is 5.82 Å². The maximum absolute atomic E-state index is 12.3. The first-order chi connectivity index (χ1) is 13.3. The van der Waals surface area contributed by atoms with Crippen molar-refractivity contribution in [2.75, 3.05) is 55.7 Å². The molecule has 0 spiro atoms. The lowest BCUT2D eigenvalue weighted by Gasteiger charge is -2.35. The number of nitrogens with zero attached hydrogens (tertiary/aromatic N) is 7. The minimum Gasteiger partial charge on any atom is -0.453 e. The van der Waals surface area contributed by atoms with Crippen molar-refractivity contribution < 1.29 is 9.53 Å². The monoisotopic (exact) mass is 369 g/mol. The summed E-state index contributed by atoms with van der Waals surface area (Å²) in [6, 6.07) is 3.86. The lowest BCUT2D eigenvalue weighted by molar-refractivity contribution is -0.133. The molecule has 2 aromatic rings. The van der Waals surface area contributed by atoms with E-state index in [1.54, 1.807) is 18.5 Å². The van der Waals surface area contributed by atoms with E-state index in [0.29, 0.717) is 13.1 Å². The molecule has 0 bridgehead atoms. The molecule has 0 aromatic carbocycles. The van der Waals surface area contributed by atoms with Crippen molar-refractivity contribution in [1.82, 2.24) is 24.8 Å². The van der Waals surface area contributed by atoms with E-state index in [1.165, 1.54) is 12.8 Å². The van der Waals surface area contributed by atoms with E-state index in [4.69, 9.17) is 9.72 Å². The zero-order valence-electron chi connectivity index (χ0n) is 15.2. The Kier molecular flexibility index (Phi) is 5.27. The van der Waals surface area contributed by atoms with Crippen molar-refractivity contribution in [1.29, 1.82) is 0 Å². The summed E-state index contributed by atoms with van der Waals surface area (Å²) < 4.78 is 5.35. The summed E-state index contributed by atoms with van der Waals surface area (Å²) in [5, 5.41) is 0. The molecule has 2 aromatic heterocycles. The van der Waals surface area contributed by atoms with Gasteiger partial charge in [-0.2, -0.15) is 4.98 Å². The van der Waals surface area contributed by atoms with Gasteiger partial charge in [0.2, 0.25) is 5.95 Å². The van der Waals surface area contributed by atoms with Crippen LogP contribution < -0.4 is 14.5 Å². The molecule has 0 atom stereocenters. The summed E-state index contributed by atoms with van der Waals surface area (Å²) in [4.78, 5) is 35.6. The maximum atomic E-state index is 12.3. The molecular formula is C18H23N7O2. The van der Waals surface area contributed by atoms with Gasteiger partial charge in [-0.25, -0.2) is 15.0 Å². The number of carbonyl (C=O) groups excluding carboxylic acids is 1. The average molecular weight is 369 g/mol. The summed E-state index contributed by atoms with van der Waals surface area (Å²) in [5.41, 5.74) is 0. The fourth-order valence-corrected chi connectivity index (χ4v) is 3.35. The number of amides is 1. The van der Waals surface area contributed by atoms with E-state index >= 15 is 0 Å². The predicted octanol–water partition coefficient (Wildman–Crippen LogP) is 0.594. The third-order valence-electron chi connectivity index (χ3n) is 4.84. The number of ether oxygens (including phenoxy) is 1. The molecule has 1 amide bonds. The third-order valence-corrected chi connectivity index (χ3v) is 4.84. The number of carbonyl (C=O) groups is 1. The number of anilines is 2. The predicted molar refractivity (Wildman–Crippen MR) is 99.8 cm³/mol. The zero-order chi connectivity index (χ0) is 18.5. The Morgan fingerprint density at radius 3 is 2.41 bits per heavy atom. The number of aromatic nitrogens is 4. The number of hydrogen-bond donors (Lipinski definition) is 0. The van der Waals surface area contributed by atoms with E-state index in [1.807, 2.05) is 17.2 Å². The molecule has 2 fully saturated rings. The van der Waals surface area contributed by atoms with Crippen molar-refractivity contribution in [2.24, 2.45) is 0 Å². The minimum atomic E-state index is -0.0532. The highest BCUT2D eigenvalue weighted by Crippen LogP contribution is 2.20. The fraction of sp³-hybridized carbons (Fsp3) is 0.500. The standard InChI is InChI=1S/C18H23N7O2/c26-16(14-27-18-20-5-3-6-21-18)24-12-10-23(11-13-24)15-4-7-19-17(22-15)25-8-1-2-9-25/h3-7H,1-2,8-14H2. The highest BCUT2D eigenvalue weighted by atomic mass is 16.5. The number of rotatable bonds is 5. The highest BCUT2D eigenvalue weighted by Gasteiger charge is 2.23. The van der Waals surface area contributed by atoms with Gasteiger partial charge in [-0.15, -0.1) is 0 Å². The van der Waals surface area contributed by atoms with Gasteiger partial charge < -0.3 is 19.4 Å². The summed E-state index contributed by atoms with van der Waals surface area (Å²) >= 11 is 0. The molecule has 9 heteroatoms. The second-order valence-electron chi connectivity index (χ2n) is 6.60. The normalized spacial score (nSPS) is 17.3. The minimum absolute atomic E-state index is 0.0450. The molecular weight excluding hydrogens is 346 g/mol. The van der Waals surface area contributed by atoms with E-state index in [2.05, 4.69) is 24.8 Å². The molecule has 2 aliphatic rings. The Labute approximate surface area is 158 Å². The SMILES string of the molecule is O=C(COc1ncccn1)N1CCN(c2ccnc(N3CCCC3)n2)CC1. The summed E-state index contributed by atoms with van der Waals surface area (Å²) in [5.74, 6) is 1.68. The molecule has 0 unspecified atom stereocenters. The molecule has 0 aliphatic carbocycles. The highest BCUT2D eigenvalue weighted by molar-refractivity contribution is 5.78. The Hall–Kier alpha value is -2.97. The molecule has 142 valence electrons. The van der Waals surface area contributed by atoms with Gasteiger partial charge in [-0.3, -0.25) is 4.79 Å². The summed E-state index contributed by atoms with van der Waals surface area (Å²) in [7, 11) is 0. The van der Waals surface area contributed by atoms with E-state index in [-0.39, 0.29) is 18.5 Å². The van der Waals surface area contributed by atoms with Crippen LogP contribution in [0.4, 0.5) is 11.8 Å². The topological polar surface area (TPSA) is 87.6 Å². The van der Waals surface area contributed by atoms with Crippen LogP contribution in [0.15, 0.2) is 30.7 Å². The van der Waals surface area contributed by atoms with Crippen molar-refractivity contribution >= 4 is 17.7 Å². The van der Waals surface area contributed by atoms with Gasteiger partial charge in [-0.1, -0.05) is 0 Å². The molecule has 2 aliphatic heterocycles. The number of hydrogen-bond acceptors (Lipinski definition) is 8. The molecule has 0 saturated carbocycles. The fourth-order valence-electron chi connectivity index (χ4n) is 3.35. The molecule has 4 rings (SSSR count). The maximum Gasteiger partial charge on any atom is 0.316 e. The summed E-state index contributed by atoms with van der Waals surface area (Å²) in [6.45, 7) is 4.76. The Morgan fingerprint density at radius 1 is 0.926 bits per heavy atom. The van der Waals surface area contributed by atoms with Crippen LogP contribution in [-0.4, -0.2) is 76.6 Å². The lowest BCUT2D eigenvalue weighted by Crippen LogP contribution is -2.50. The van der Waals surface area contributed by atoms with Crippen LogP contribution in [-0.2, 0) is 4.79 Å². The smallest absolute Gasteiger partial charge is 0.316 e. The van der Waals surface area contributed by atoms with Crippen molar-refractivity contribution in [2.45, 2.75) is 12.8 Å². The Balaban J connectivity index is 1.29. The van der Waals surface area contributed by atoms with Gasteiger partial charge in [-0.05, 0) is 25.0 Å². The molecule has 9 nitrogen and oxygen atoms in total. The first kappa shape index (κ1) is 17.4. The molecule has 0 radical (unpaired) electrons. The third kappa shape index (κ3) is 4.24. The molecule has 2 saturated heterocycles. The van der Waals surface area contributed by atoms with E-state index in [0.717, 1.165) is 37.9 Å². The first-order valence-electron chi connectivity index (χ1n) is 9.30. The van der Waals surface area contributed by atoms with Gasteiger partial charge >= 0.3 is 6.01 Å². The van der Waals surface area contributed by atoms with Crippen LogP contribution in [0.3, 0.4) is 0 Å². The van der Waals surface area contributed by atoms with Crippen LogP contribution in [0.25, 0.3) is 0 Å². The second-order valence-corrected chi connectivity index (χ2v) is 6.60. The Morgan fingerprint density at radius 2 is 1.67 bits per heavy atom.